The monoisotopic (exact) mass is 282 g/mol. The Morgan fingerprint density at radius 2 is 1.95 bits per heavy atom. The van der Waals surface area contributed by atoms with Crippen LogP contribution in [0.5, 0.6) is 0 Å². The summed E-state index contributed by atoms with van der Waals surface area (Å²) in [7, 11) is -3.45. The molecule has 0 aliphatic rings. The molecule has 0 radical (unpaired) electrons. The van der Waals surface area contributed by atoms with Gasteiger partial charge in [-0.2, -0.15) is 5.26 Å². The predicted octanol–water partition coefficient (Wildman–Crippen LogP) is 0.328. The third kappa shape index (κ3) is 4.35. The standard InChI is InChI=1S/C12H14N2O4S/c13-6-1-7-19(17,18)10-4-2-9(3-5-10)8-11(14)12(15)16/h2-5,11H,1,7-8,14H2,(H,15,16). The van der Waals surface area contributed by atoms with Gasteiger partial charge >= 0.3 is 5.97 Å². The van der Waals surface area contributed by atoms with E-state index in [4.69, 9.17) is 16.1 Å². The molecule has 1 aromatic carbocycles. The fourth-order valence-electron chi connectivity index (χ4n) is 1.47. The summed E-state index contributed by atoms with van der Waals surface area (Å²) < 4.78 is 23.5. The summed E-state index contributed by atoms with van der Waals surface area (Å²) in [4.78, 5) is 10.7. The number of hydrogen-bond acceptors (Lipinski definition) is 5. The topological polar surface area (TPSA) is 121 Å². The lowest BCUT2D eigenvalue weighted by Crippen LogP contribution is -2.32. The molecule has 1 atom stereocenters. The molecule has 0 saturated carbocycles. The number of nitrogens with zero attached hydrogens (tertiary/aromatic N) is 1. The van der Waals surface area contributed by atoms with E-state index in [2.05, 4.69) is 0 Å². The number of nitrogens with two attached hydrogens (primary N) is 1. The molecule has 7 heteroatoms. The molecule has 0 heterocycles. The van der Waals surface area contributed by atoms with Gasteiger partial charge in [-0.1, -0.05) is 12.1 Å². The Labute approximate surface area is 111 Å². The van der Waals surface area contributed by atoms with Crippen molar-refractivity contribution in [2.45, 2.75) is 23.8 Å². The van der Waals surface area contributed by atoms with E-state index >= 15 is 0 Å². The van der Waals surface area contributed by atoms with Crippen molar-refractivity contribution in [2.24, 2.45) is 5.73 Å². The number of rotatable bonds is 6. The van der Waals surface area contributed by atoms with Gasteiger partial charge in [-0.15, -0.1) is 0 Å². The average molecular weight is 282 g/mol. The Morgan fingerprint density at radius 1 is 1.37 bits per heavy atom. The molecular formula is C12H14N2O4S. The first kappa shape index (κ1) is 15.1. The van der Waals surface area contributed by atoms with Crippen molar-refractivity contribution < 1.29 is 18.3 Å². The van der Waals surface area contributed by atoms with E-state index < -0.39 is 21.8 Å². The normalized spacial score (nSPS) is 12.6. The van der Waals surface area contributed by atoms with Crippen LogP contribution >= 0.6 is 0 Å². The minimum absolute atomic E-state index is 0.0615. The number of hydrogen-bond donors (Lipinski definition) is 2. The average Bonchev–Trinajstić information content (AvgIpc) is 2.37. The first-order chi connectivity index (χ1) is 8.86. The van der Waals surface area contributed by atoms with Gasteiger partial charge in [0, 0.05) is 6.42 Å². The number of aliphatic carboxylic acids is 1. The molecule has 1 aromatic rings. The van der Waals surface area contributed by atoms with Crippen molar-refractivity contribution >= 4 is 15.8 Å². The Balaban J connectivity index is 2.82. The van der Waals surface area contributed by atoms with Crippen molar-refractivity contribution in [3.8, 4) is 6.07 Å². The lowest BCUT2D eigenvalue weighted by molar-refractivity contribution is -0.138. The Hall–Kier alpha value is -1.91. The number of sulfone groups is 1. The van der Waals surface area contributed by atoms with Gasteiger partial charge in [0.2, 0.25) is 0 Å². The van der Waals surface area contributed by atoms with Crippen LogP contribution in [-0.2, 0) is 21.1 Å². The van der Waals surface area contributed by atoms with E-state index in [0.717, 1.165) is 0 Å². The maximum absolute atomic E-state index is 11.8. The van der Waals surface area contributed by atoms with Gasteiger partial charge in [0.05, 0.1) is 16.7 Å². The van der Waals surface area contributed by atoms with Gasteiger partial charge in [-0.05, 0) is 24.1 Å². The lowest BCUT2D eigenvalue weighted by atomic mass is 10.1. The second-order valence-electron chi connectivity index (χ2n) is 4.02. The van der Waals surface area contributed by atoms with Crippen LogP contribution < -0.4 is 5.73 Å². The van der Waals surface area contributed by atoms with Crippen LogP contribution in [-0.4, -0.2) is 31.3 Å². The summed E-state index contributed by atoms with van der Waals surface area (Å²) in [6.45, 7) is 0. The maximum atomic E-state index is 11.8. The second-order valence-corrected chi connectivity index (χ2v) is 6.13. The minimum Gasteiger partial charge on any atom is -0.480 e. The first-order valence-electron chi connectivity index (χ1n) is 5.54. The van der Waals surface area contributed by atoms with Gasteiger partial charge < -0.3 is 10.8 Å². The Bertz CT molecular complexity index is 587. The zero-order valence-corrected chi connectivity index (χ0v) is 10.9. The van der Waals surface area contributed by atoms with Crippen molar-refractivity contribution in [1.82, 2.24) is 0 Å². The molecule has 19 heavy (non-hydrogen) atoms. The lowest BCUT2D eigenvalue weighted by Gasteiger charge is -2.07. The molecular weight excluding hydrogens is 268 g/mol. The van der Waals surface area contributed by atoms with E-state index in [9.17, 15) is 13.2 Å². The highest BCUT2D eigenvalue weighted by Crippen LogP contribution is 2.14. The molecule has 1 unspecified atom stereocenters. The highest BCUT2D eigenvalue weighted by atomic mass is 32.2. The van der Waals surface area contributed by atoms with E-state index in [1.807, 2.05) is 0 Å². The molecule has 0 bridgehead atoms. The van der Waals surface area contributed by atoms with Gasteiger partial charge in [-0.3, -0.25) is 4.79 Å². The fraction of sp³-hybridized carbons (Fsp3) is 0.333. The molecule has 0 aliphatic heterocycles. The summed E-state index contributed by atoms with van der Waals surface area (Å²) in [6, 6.07) is 6.63. The highest BCUT2D eigenvalue weighted by molar-refractivity contribution is 7.91. The van der Waals surface area contributed by atoms with Crippen LogP contribution in [0.4, 0.5) is 0 Å². The third-order valence-corrected chi connectivity index (χ3v) is 4.27. The van der Waals surface area contributed by atoms with Crippen molar-refractivity contribution in [1.29, 1.82) is 5.26 Å². The summed E-state index contributed by atoms with van der Waals surface area (Å²) in [5, 5.41) is 17.1. The Kier molecular flexibility index (Phi) is 5.03. The molecule has 102 valence electrons. The number of carboxylic acid groups (broad SMARTS) is 1. The molecule has 0 fully saturated rings. The van der Waals surface area contributed by atoms with Crippen LogP contribution in [0.3, 0.4) is 0 Å². The van der Waals surface area contributed by atoms with Crippen LogP contribution in [0.25, 0.3) is 0 Å². The number of benzene rings is 1. The van der Waals surface area contributed by atoms with E-state index in [1.54, 1.807) is 6.07 Å². The second kappa shape index (κ2) is 6.31. The molecule has 0 amide bonds. The molecule has 0 aliphatic carbocycles. The minimum atomic E-state index is -3.45. The molecule has 0 aromatic heterocycles. The van der Waals surface area contributed by atoms with Crippen molar-refractivity contribution in [2.75, 3.05) is 5.75 Å². The van der Waals surface area contributed by atoms with Gasteiger partial charge in [0.1, 0.15) is 6.04 Å². The molecule has 0 spiro atoms. The number of nitriles is 1. The molecule has 1 rings (SSSR count). The third-order valence-electron chi connectivity index (χ3n) is 2.54. The van der Waals surface area contributed by atoms with E-state index in [0.29, 0.717) is 5.56 Å². The highest BCUT2D eigenvalue weighted by Gasteiger charge is 2.15. The maximum Gasteiger partial charge on any atom is 0.320 e. The zero-order chi connectivity index (χ0) is 14.5. The quantitative estimate of drug-likeness (QED) is 0.775. The summed E-state index contributed by atoms with van der Waals surface area (Å²) >= 11 is 0. The predicted molar refractivity (Wildman–Crippen MR) is 68.0 cm³/mol. The Morgan fingerprint density at radius 3 is 2.42 bits per heavy atom. The van der Waals surface area contributed by atoms with Gasteiger partial charge in [-0.25, -0.2) is 8.42 Å². The van der Waals surface area contributed by atoms with Crippen molar-refractivity contribution in [3.63, 3.8) is 0 Å². The smallest absolute Gasteiger partial charge is 0.320 e. The van der Waals surface area contributed by atoms with Crippen LogP contribution in [0.2, 0.25) is 0 Å². The first-order valence-corrected chi connectivity index (χ1v) is 7.19. The zero-order valence-electron chi connectivity index (χ0n) is 10.1. The van der Waals surface area contributed by atoms with E-state index in [1.165, 1.54) is 24.3 Å². The number of carboxylic acids is 1. The SMILES string of the molecule is N#CCCS(=O)(=O)c1ccc(CC(N)C(=O)O)cc1. The van der Waals surface area contributed by atoms with Gasteiger partial charge in [0.25, 0.3) is 0 Å². The van der Waals surface area contributed by atoms with E-state index in [-0.39, 0.29) is 23.5 Å². The van der Waals surface area contributed by atoms with Gasteiger partial charge in [0.15, 0.2) is 9.84 Å². The number of carbonyl (C=O) groups is 1. The summed E-state index contributed by atoms with van der Waals surface area (Å²) in [6.07, 6.45) is 0.0713. The molecule has 3 N–H and O–H groups in total. The summed E-state index contributed by atoms with van der Waals surface area (Å²) in [5.74, 6) is -1.33. The molecule has 6 nitrogen and oxygen atoms in total. The largest absolute Gasteiger partial charge is 0.480 e. The van der Waals surface area contributed by atoms with Crippen molar-refractivity contribution in [3.05, 3.63) is 29.8 Å². The van der Waals surface area contributed by atoms with Crippen LogP contribution in [0, 0.1) is 11.3 Å². The van der Waals surface area contributed by atoms with Crippen LogP contribution in [0.15, 0.2) is 29.2 Å². The fourth-order valence-corrected chi connectivity index (χ4v) is 2.62. The van der Waals surface area contributed by atoms with Crippen LogP contribution in [0.1, 0.15) is 12.0 Å². The molecule has 0 saturated heterocycles. The summed E-state index contributed by atoms with van der Waals surface area (Å²) in [5.41, 5.74) is 6.03.